The van der Waals surface area contributed by atoms with Gasteiger partial charge in [-0.05, 0) is 12.1 Å². The number of halogens is 1. The fraction of sp³-hybridized carbons (Fsp3) is 0.400. The normalized spacial score (nSPS) is 11.9. The lowest BCUT2D eigenvalue weighted by Crippen LogP contribution is -2.17. The SMILES string of the molecule is CCS(=O)(=O)CCNc1c(Cl)ccc2nsnc12. The molecule has 0 atom stereocenters. The summed E-state index contributed by atoms with van der Waals surface area (Å²) in [6.07, 6.45) is 0. The van der Waals surface area contributed by atoms with E-state index in [1.54, 1.807) is 19.1 Å². The number of sulfone groups is 1. The van der Waals surface area contributed by atoms with Crippen LogP contribution >= 0.6 is 23.3 Å². The van der Waals surface area contributed by atoms with Gasteiger partial charge in [0.15, 0.2) is 9.84 Å². The Kier molecular flexibility index (Phi) is 4.04. The Hall–Kier alpha value is -0.920. The van der Waals surface area contributed by atoms with Gasteiger partial charge in [-0.2, -0.15) is 8.75 Å². The van der Waals surface area contributed by atoms with Crippen molar-refractivity contribution in [1.29, 1.82) is 0 Å². The minimum Gasteiger partial charge on any atom is -0.381 e. The van der Waals surface area contributed by atoms with E-state index in [2.05, 4.69) is 14.1 Å². The molecule has 0 fully saturated rings. The van der Waals surface area contributed by atoms with Gasteiger partial charge >= 0.3 is 0 Å². The molecule has 5 nitrogen and oxygen atoms in total. The largest absolute Gasteiger partial charge is 0.381 e. The van der Waals surface area contributed by atoms with Crippen LogP contribution in [0.25, 0.3) is 11.0 Å². The zero-order chi connectivity index (χ0) is 13.2. The summed E-state index contributed by atoms with van der Waals surface area (Å²) in [5.41, 5.74) is 2.08. The first-order valence-corrected chi connectivity index (χ1v) is 8.31. The second kappa shape index (κ2) is 5.38. The standard InChI is InChI=1S/C10H12ClN3O2S2/c1-2-18(15,16)6-5-12-9-7(11)3-4-8-10(9)14-17-13-8/h3-4,12H,2,5-6H2,1H3. The Balaban J connectivity index is 2.17. The van der Waals surface area contributed by atoms with Crippen molar-refractivity contribution >= 4 is 49.9 Å². The predicted octanol–water partition coefficient (Wildman–Crippen LogP) is 2.19. The zero-order valence-electron chi connectivity index (χ0n) is 9.68. The molecule has 98 valence electrons. The Morgan fingerprint density at radius 1 is 1.39 bits per heavy atom. The van der Waals surface area contributed by atoms with Crippen LogP contribution in [0.4, 0.5) is 5.69 Å². The molecular weight excluding hydrogens is 294 g/mol. The molecule has 0 amide bonds. The molecule has 1 N–H and O–H groups in total. The number of hydrogen-bond donors (Lipinski definition) is 1. The van der Waals surface area contributed by atoms with Gasteiger partial charge in [0.25, 0.3) is 0 Å². The molecule has 2 rings (SSSR count). The van der Waals surface area contributed by atoms with Gasteiger partial charge < -0.3 is 5.32 Å². The average Bonchev–Trinajstić information content (AvgIpc) is 2.80. The number of aromatic nitrogens is 2. The van der Waals surface area contributed by atoms with E-state index in [1.165, 1.54) is 0 Å². The molecule has 8 heteroatoms. The van der Waals surface area contributed by atoms with Gasteiger partial charge in [-0.25, -0.2) is 8.42 Å². The van der Waals surface area contributed by atoms with E-state index in [0.717, 1.165) is 17.2 Å². The summed E-state index contributed by atoms with van der Waals surface area (Å²) in [7, 11) is -2.98. The van der Waals surface area contributed by atoms with Crippen LogP contribution in [0.5, 0.6) is 0 Å². The predicted molar refractivity (Wildman–Crippen MR) is 75.2 cm³/mol. The van der Waals surface area contributed by atoms with Crippen molar-refractivity contribution in [3.05, 3.63) is 17.2 Å². The fourth-order valence-electron chi connectivity index (χ4n) is 1.47. The van der Waals surface area contributed by atoms with Crippen LogP contribution in [0, 0.1) is 0 Å². The number of hydrogen-bond acceptors (Lipinski definition) is 6. The van der Waals surface area contributed by atoms with Gasteiger partial charge in [0, 0.05) is 12.3 Å². The third kappa shape index (κ3) is 2.90. The van der Waals surface area contributed by atoms with Crippen molar-refractivity contribution < 1.29 is 8.42 Å². The molecule has 0 spiro atoms. The highest BCUT2D eigenvalue weighted by Gasteiger charge is 2.11. The van der Waals surface area contributed by atoms with E-state index in [0.29, 0.717) is 22.8 Å². The smallest absolute Gasteiger partial charge is 0.151 e. The van der Waals surface area contributed by atoms with Gasteiger partial charge in [0.05, 0.1) is 28.2 Å². The Morgan fingerprint density at radius 3 is 2.89 bits per heavy atom. The van der Waals surface area contributed by atoms with Crippen LogP contribution in [0.1, 0.15) is 6.92 Å². The van der Waals surface area contributed by atoms with Gasteiger partial charge in [0.1, 0.15) is 11.0 Å². The third-order valence-corrected chi connectivity index (χ3v) is 5.10. The number of benzene rings is 1. The van der Waals surface area contributed by atoms with Crippen molar-refractivity contribution in [2.75, 3.05) is 23.4 Å². The molecule has 0 aliphatic rings. The minimum atomic E-state index is -2.98. The molecule has 0 saturated carbocycles. The zero-order valence-corrected chi connectivity index (χ0v) is 12.1. The molecule has 18 heavy (non-hydrogen) atoms. The van der Waals surface area contributed by atoms with E-state index < -0.39 is 9.84 Å². The number of nitrogens with zero attached hydrogens (tertiary/aromatic N) is 2. The van der Waals surface area contributed by atoms with E-state index in [1.807, 2.05) is 0 Å². The van der Waals surface area contributed by atoms with E-state index in [9.17, 15) is 8.42 Å². The number of fused-ring (bicyclic) bond motifs is 1. The van der Waals surface area contributed by atoms with E-state index >= 15 is 0 Å². The molecule has 0 saturated heterocycles. The molecule has 2 aromatic rings. The molecule has 0 bridgehead atoms. The van der Waals surface area contributed by atoms with Crippen LogP contribution in [-0.2, 0) is 9.84 Å². The van der Waals surface area contributed by atoms with Crippen LogP contribution < -0.4 is 5.32 Å². The fourth-order valence-corrected chi connectivity index (χ4v) is 2.93. The second-order valence-corrected chi connectivity index (χ2v) is 7.13. The second-order valence-electron chi connectivity index (χ2n) is 3.72. The summed E-state index contributed by atoms with van der Waals surface area (Å²) in [5, 5.41) is 3.54. The first-order chi connectivity index (χ1) is 8.53. The van der Waals surface area contributed by atoms with Crippen molar-refractivity contribution in [1.82, 2.24) is 8.75 Å². The van der Waals surface area contributed by atoms with Crippen molar-refractivity contribution in [2.45, 2.75) is 6.92 Å². The highest BCUT2D eigenvalue weighted by molar-refractivity contribution is 7.91. The molecule has 0 radical (unpaired) electrons. The summed E-state index contributed by atoms with van der Waals surface area (Å²) in [6, 6.07) is 3.51. The Labute approximate surface area is 114 Å². The molecule has 1 heterocycles. The monoisotopic (exact) mass is 305 g/mol. The van der Waals surface area contributed by atoms with Crippen molar-refractivity contribution in [3.8, 4) is 0 Å². The highest BCUT2D eigenvalue weighted by Crippen LogP contribution is 2.29. The maximum Gasteiger partial charge on any atom is 0.151 e. The summed E-state index contributed by atoms with van der Waals surface area (Å²) < 4.78 is 31.0. The van der Waals surface area contributed by atoms with Crippen LogP contribution in [0.15, 0.2) is 12.1 Å². The van der Waals surface area contributed by atoms with E-state index in [-0.39, 0.29) is 11.5 Å². The number of rotatable bonds is 5. The highest BCUT2D eigenvalue weighted by atomic mass is 35.5. The quantitative estimate of drug-likeness (QED) is 0.917. The first kappa shape index (κ1) is 13.5. The van der Waals surface area contributed by atoms with Gasteiger partial charge in [-0.3, -0.25) is 0 Å². The van der Waals surface area contributed by atoms with Crippen LogP contribution in [0.3, 0.4) is 0 Å². The third-order valence-electron chi connectivity index (χ3n) is 2.53. The lowest BCUT2D eigenvalue weighted by atomic mass is 10.2. The minimum absolute atomic E-state index is 0.0772. The lowest BCUT2D eigenvalue weighted by Gasteiger charge is -2.08. The molecule has 1 aromatic carbocycles. The number of anilines is 1. The van der Waals surface area contributed by atoms with Crippen LogP contribution in [0.2, 0.25) is 5.02 Å². The average molecular weight is 306 g/mol. The van der Waals surface area contributed by atoms with Crippen LogP contribution in [-0.4, -0.2) is 35.2 Å². The topological polar surface area (TPSA) is 72.0 Å². The summed E-state index contributed by atoms with van der Waals surface area (Å²) >= 11 is 7.17. The van der Waals surface area contributed by atoms with Gasteiger partial charge in [-0.15, -0.1) is 0 Å². The molecule has 0 unspecified atom stereocenters. The Morgan fingerprint density at radius 2 is 2.17 bits per heavy atom. The van der Waals surface area contributed by atoms with Gasteiger partial charge in [-0.1, -0.05) is 18.5 Å². The molecular formula is C10H12ClN3O2S2. The summed E-state index contributed by atoms with van der Waals surface area (Å²) in [6.45, 7) is 1.94. The molecule has 0 aliphatic carbocycles. The van der Waals surface area contributed by atoms with Crippen molar-refractivity contribution in [3.63, 3.8) is 0 Å². The molecule has 0 aliphatic heterocycles. The first-order valence-electron chi connectivity index (χ1n) is 5.38. The van der Waals surface area contributed by atoms with Crippen molar-refractivity contribution in [2.24, 2.45) is 0 Å². The molecule has 1 aromatic heterocycles. The maximum absolute atomic E-state index is 11.4. The van der Waals surface area contributed by atoms with E-state index in [4.69, 9.17) is 11.6 Å². The lowest BCUT2D eigenvalue weighted by molar-refractivity contribution is 0.597. The summed E-state index contributed by atoms with van der Waals surface area (Å²) in [4.78, 5) is 0. The van der Waals surface area contributed by atoms with Gasteiger partial charge in [0.2, 0.25) is 0 Å². The summed E-state index contributed by atoms with van der Waals surface area (Å²) in [5.74, 6) is 0.221. The maximum atomic E-state index is 11.4. The number of nitrogens with one attached hydrogen (secondary N) is 1. The Bertz CT molecular complexity index is 654.